The predicted octanol–water partition coefficient (Wildman–Crippen LogP) is 1.72. The molecule has 1 unspecified atom stereocenters. The first-order valence-corrected chi connectivity index (χ1v) is 4.80. The Hall–Kier alpha value is -1.23. The molecule has 0 saturated carbocycles. The lowest BCUT2D eigenvalue weighted by atomic mass is 10.2. The van der Waals surface area contributed by atoms with Crippen LogP contribution in [0.5, 0.6) is 0 Å². The van der Waals surface area contributed by atoms with Crippen LogP contribution in [0.3, 0.4) is 0 Å². The number of hydrogen-bond acceptors (Lipinski definition) is 4. The summed E-state index contributed by atoms with van der Waals surface area (Å²) in [5.41, 5.74) is 0.354. The monoisotopic (exact) mass is 213 g/mol. The van der Waals surface area contributed by atoms with Crippen molar-refractivity contribution < 1.29 is 9.13 Å². The SMILES string of the molecule is CNc1nc(C(C)COC)nc(C)c1F. The van der Waals surface area contributed by atoms with Crippen molar-refractivity contribution in [3.05, 3.63) is 17.3 Å². The van der Waals surface area contributed by atoms with Crippen molar-refractivity contribution >= 4 is 5.82 Å². The Bertz CT molecular complexity index is 344. The number of nitrogens with zero attached hydrogens (tertiary/aromatic N) is 2. The minimum atomic E-state index is -0.397. The van der Waals surface area contributed by atoms with E-state index in [1.807, 2.05) is 6.92 Å². The first kappa shape index (κ1) is 11.8. The molecule has 1 rings (SSSR count). The molecule has 1 atom stereocenters. The van der Waals surface area contributed by atoms with E-state index in [9.17, 15) is 4.39 Å². The molecule has 0 aromatic carbocycles. The summed E-state index contributed by atoms with van der Waals surface area (Å²) in [5.74, 6) is 0.493. The van der Waals surface area contributed by atoms with Crippen LogP contribution < -0.4 is 5.32 Å². The molecule has 84 valence electrons. The summed E-state index contributed by atoms with van der Waals surface area (Å²) in [5, 5.41) is 2.71. The van der Waals surface area contributed by atoms with E-state index in [4.69, 9.17) is 4.74 Å². The smallest absolute Gasteiger partial charge is 0.186 e. The molecule has 0 aliphatic carbocycles. The third-order valence-electron chi connectivity index (χ3n) is 2.13. The molecular formula is C10H16FN3O. The summed E-state index contributed by atoms with van der Waals surface area (Å²) in [7, 11) is 3.25. The second-order valence-electron chi connectivity index (χ2n) is 3.44. The fraction of sp³-hybridized carbons (Fsp3) is 0.600. The number of ether oxygens (including phenoxy) is 1. The summed E-state index contributed by atoms with van der Waals surface area (Å²) in [4.78, 5) is 8.19. The molecule has 1 heterocycles. The molecule has 0 aliphatic rings. The van der Waals surface area contributed by atoms with Crippen LogP contribution in [-0.4, -0.2) is 30.7 Å². The molecule has 0 radical (unpaired) electrons. The van der Waals surface area contributed by atoms with Crippen LogP contribution in [0.4, 0.5) is 10.2 Å². The maximum Gasteiger partial charge on any atom is 0.186 e. The van der Waals surface area contributed by atoms with Crippen LogP contribution in [0.1, 0.15) is 24.4 Å². The zero-order valence-corrected chi connectivity index (χ0v) is 9.47. The Morgan fingerprint density at radius 2 is 2.13 bits per heavy atom. The van der Waals surface area contributed by atoms with Crippen molar-refractivity contribution in [2.45, 2.75) is 19.8 Å². The minimum absolute atomic E-state index is 0.0569. The van der Waals surface area contributed by atoms with Gasteiger partial charge in [-0.2, -0.15) is 0 Å². The molecule has 0 amide bonds. The van der Waals surface area contributed by atoms with Crippen molar-refractivity contribution in [1.82, 2.24) is 9.97 Å². The van der Waals surface area contributed by atoms with Crippen molar-refractivity contribution in [3.63, 3.8) is 0 Å². The molecule has 0 fully saturated rings. The third-order valence-corrected chi connectivity index (χ3v) is 2.13. The molecular weight excluding hydrogens is 197 g/mol. The van der Waals surface area contributed by atoms with Gasteiger partial charge in [0.25, 0.3) is 0 Å². The van der Waals surface area contributed by atoms with Crippen LogP contribution >= 0.6 is 0 Å². The molecule has 0 aliphatic heterocycles. The van der Waals surface area contributed by atoms with Gasteiger partial charge >= 0.3 is 0 Å². The van der Waals surface area contributed by atoms with Gasteiger partial charge in [0, 0.05) is 20.1 Å². The molecule has 1 aromatic heterocycles. The number of rotatable bonds is 4. The molecule has 5 heteroatoms. The van der Waals surface area contributed by atoms with Crippen LogP contribution in [0.25, 0.3) is 0 Å². The number of aryl methyl sites for hydroxylation is 1. The molecule has 0 bridgehead atoms. The third kappa shape index (κ3) is 2.62. The van der Waals surface area contributed by atoms with E-state index in [0.717, 1.165) is 0 Å². The first-order valence-electron chi connectivity index (χ1n) is 4.80. The van der Waals surface area contributed by atoms with Crippen LogP contribution in [0.2, 0.25) is 0 Å². The Morgan fingerprint density at radius 3 is 2.67 bits per heavy atom. The lowest BCUT2D eigenvalue weighted by Crippen LogP contribution is -2.11. The van der Waals surface area contributed by atoms with Crippen molar-refractivity contribution in [2.24, 2.45) is 0 Å². The quantitative estimate of drug-likeness (QED) is 0.827. The van der Waals surface area contributed by atoms with E-state index >= 15 is 0 Å². The number of hydrogen-bond donors (Lipinski definition) is 1. The highest BCUT2D eigenvalue weighted by Crippen LogP contribution is 2.18. The van der Waals surface area contributed by atoms with Crippen LogP contribution in [-0.2, 0) is 4.74 Å². The number of methoxy groups -OCH3 is 1. The molecule has 1 N–H and O–H groups in total. The standard InChI is InChI=1S/C10H16FN3O/c1-6(5-15-4)9-13-7(2)8(11)10(12-3)14-9/h6H,5H2,1-4H3,(H,12,13,14). The van der Waals surface area contributed by atoms with Crippen molar-refractivity contribution in [3.8, 4) is 0 Å². The summed E-state index contributed by atoms with van der Waals surface area (Å²) in [6.45, 7) is 4.09. The topological polar surface area (TPSA) is 47.0 Å². The van der Waals surface area contributed by atoms with Gasteiger partial charge in [0.1, 0.15) is 5.82 Å². The highest BCUT2D eigenvalue weighted by Gasteiger charge is 2.14. The zero-order chi connectivity index (χ0) is 11.4. The average molecular weight is 213 g/mol. The normalized spacial score (nSPS) is 12.6. The number of nitrogens with one attached hydrogen (secondary N) is 1. The average Bonchev–Trinajstić information content (AvgIpc) is 2.22. The largest absolute Gasteiger partial charge is 0.384 e. The Labute approximate surface area is 88.9 Å². The predicted molar refractivity (Wildman–Crippen MR) is 56.6 cm³/mol. The number of aromatic nitrogens is 2. The number of anilines is 1. The molecule has 15 heavy (non-hydrogen) atoms. The maximum absolute atomic E-state index is 13.4. The van der Waals surface area contributed by atoms with Gasteiger partial charge in [0.2, 0.25) is 0 Å². The summed E-state index contributed by atoms with van der Waals surface area (Å²) < 4.78 is 18.4. The van der Waals surface area contributed by atoms with Gasteiger partial charge in [0.15, 0.2) is 11.6 Å². The Kier molecular flexibility index (Phi) is 3.96. The molecule has 0 spiro atoms. The highest BCUT2D eigenvalue weighted by molar-refractivity contribution is 5.37. The van der Waals surface area contributed by atoms with Crippen molar-refractivity contribution in [2.75, 3.05) is 26.1 Å². The van der Waals surface area contributed by atoms with E-state index in [-0.39, 0.29) is 11.7 Å². The Morgan fingerprint density at radius 1 is 1.47 bits per heavy atom. The lowest BCUT2D eigenvalue weighted by molar-refractivity contribution is 0.181. The van der Waals surface area contributed by atoms with Crippen molar-refractivity contribution in [1.29, 1.82) is 0 Å². The van der Waals surface area contributed by atoms with Crippen LogP contribution in [0.15, 0.2) is 0 Å². The highest BCUT2D eigenvalue weighted by atomic mass is 19.1. The van der Waals surface area contributed by atoms with Gasteiger partial charge in [0.05, 0.1) is 12.3 Å². The van der Waals surface area contributed by atoms with Gasteiger partial charge in [-0.15, -0.1) is 0 Å². The van der Waals surface area contributed by atoms with Gasteiger partial charge in [-0.05, 0) is 6.92 Å². The minimum Gasteiger partial charge on any atom is -0.384 e. The van der Waals surface area contributed by atoms with E-state index in [0.29, 0.717) is 18.1 Å². The van der Waals surface area contributed by atoms with E-state index in [1.165, 1.54) is 0 Å². The molecule has 4 nitrogen and oxygen atoms in total. The summed E-state index contributed by atoms with van der Waals surface area (Å²) >= 11 is 0. The second kappa shape index (κ2) is 5.02. The first-order chi connectivity index (χ1) is 7.10. The maximum atomic E-state index is 13.4. The second-order valence-corrected chi connectivity index (χ2v) is 3.44. The Balaban J connectivity index is 3.05. The van der Waals surface area contributed by atoms with Crippen LogP contribution in [0, 0.1) is 12.7 Å². The van der Waals surface area contributed by atoms with E-state index in [2.05, 4.69) is 15.3 Å². The summed E-state index contributed by atoms with van der Waals surface area (Å²) in [6, 6.07) is 0. The zero-order valence-electron chi connectivity index (χ0n) is 9.47. The summed E-state index contributed by atoms with van der Waals surface area (Å²) in [6.07, 6.45) is 0. The van der Waals surface area contributed by atoms with Gasteiger partial charge in [-0.1, -0.05) is 6.92 Å². The van der Waals surface area contributed by atoms with E-state index in [1.54, 1.807) is 21.1 Å². The van der Waals surface area contributed by atoms with E-state index < -0.39 is 5.82 Å². The molecule has 1 aromatic rings. The number of halogens is 1. The lowest BCUT2D eigenvalue weighted by Gasteiger charge is -2.12. The van der Waals surface area contributed by atoms with Gasteiger partial charge in [-0.25, -0.2) is 14.4 Å². The van der Waals surface area contributed by atoms with Gasteiger partial charge in [-0.3, -0.25) is 0 Å². The molecule has 0 saturated heterocycles. The van der Waals surface area contributed by atoms with Gasteiger partial charge < -0.3 is 10.1 Å². The fourth-order valence-electron chi connectivity index (χ4n) is 1.29. The fourth-order valence-corrected chi connectivity index (χ4v) is 1.29.